The molecular formula is C18H20N2O3S. The molecule has 6 heteroatoms. The maximum atomic E-state index is 12.2. The number of rotatable bonds is 6. The molecular weight excluding hydrogens is 324 g/mol. The van der Waals surface area contributed by atoms with Crippen LogP contribution in [0.15, 0.2) is 47.4 Å². The number of benzene rings is 2. The molecule has 0 heterocycles. The molecule has 0 unspecified atom stereocenters. The Balaban J connectivity index is 2.02. The van der Waals surface area contributed by atoms with Crippen molar-refractivity contribution >= 4 is 35.0 Å². The summed E-state index contributed by atoms with van der Waals surface area (Å²) >= 11 is 1.37. The summed E-state index contributed by atoms with van der Waals surface area (Å²) in [6, 6.07) is 13.0. The highest BCUT2D eigenvalue weighted by Crippen LogP contribution is 2.28. The van der Waals surface area contributed by atoms with Crippen LogP contribution in [0.5, 0.6) is 5.75 Å². The van der Waals surface area contributed by atoms with Crippen molar-refractivity contribution in [1.29, 1.82) is 0 Å². The fraction of sp³-hybridized carbons (Fsp3) is 0.222. The molecule has 0 aliphatic heterocycles. The topological polar surface area (TPSA) is 67.4 Å². The number of methoxy groups -OCH3 is 1. The number of amides is 2. The second-order valence-corrected chi connectivity index (χ2v) is 6.24. The molecule has 24 heavy (non-hydrogen) atoms. The Labute approximate surface area is 145 Å². The van der Waals surface area contributed by atoms with Crippen LogP contribution < -0.4 is 15.4 Å². The number of para-hydroxylation sites is 1. The van der Waals surface area contributed by atoms with Crippen LogP contribution in [0.4, 0.5) is 11.4 Å². The van der Waals surface area contributed by atoms with E-state index in [0.717, 1.165) is 10.5 Å². The van der Waals surface area contributed by atoms with Crippen LogP contribution in [0.3, 0.4) is 0 Å². The van der Waals surface area contributed by atoms with Gasteiger partial charge in [0, 0.05) is 11.8 Å². The molecule has 2 rings (SSSR count). The minimum absolute atomic E-state index is 0.137. The van der Waals surface area contributed by atoms with Gasteiger partial charge in [-0.25, -0.2) is 0 Å². The summed E-state index contributed by atoms with van der Waals surface area (Å²) in [6.07, 6.45) is 0. The maximum absolute atomic E-state index is 12.2. The van der Waals surface area contributed by atoms with Crippen molar-refractivity contribution in [2.45, 2.75) is 18.7 Å². The van der Waals surface area contributed by atoms with Gasteiger partial charge in [0.1, 0.15) is 5.75 Å². The molecule has 2 aromatic rings. The van der Waals surface area contributed by atoms with E-state index in [-0.39, 0.29) is 17.6 Å². The lowest BCUT2D eigenvalue weighted by molar-refractivity contribution is -0.114. The van der Waals surface area contributed by atoms with E-state index in [1.54, 1.807) is 7.11 Å². The molecule has 0 saturated heterocycles. The van der Waals surface area contributed by atoms with Crippen molar-refractivity contribution in [3.05, 3.63) is 48.0 Å². The number of hydrogen-bond donors (Lipinski definition) is 2. The summed E-state index contributed by atoms with van der Waals surface area (Å²) in [7, 11) is 1.57. The van der Waals surface area contributed by atoms with Crippen LogP contribution in [0.25, 0.3) is 0 Å². The summed E-state index contributed by atoms with van der Waals surface area (Å²) in [5, 5.41) is 5.62. The minimum atomic E-state index is -0.142. The van der Waals surface area contributed by atoms with E-state index in [0.29, 0.717) is 17.1 Å². The monoisotopic (exact) mass is 344 g/mol. The summed E-state index contributed by atoms with van der Waals surface area (Å²) in [5.41, 5.74) is 2.39. The smallest absolute Gasteiger partial charge is 0.234 e. The van der Waals surface area contributed by atoms with Crippen LogP contribution in [-0.2, 0) is 9.59 Å². The van der Waals surface area contributed by atoms with Gasteiger partial charge in [0.2, 0.25) is 11.8 Å². The SMILES string of the molecule is COc1ccc(C)cc1NC(=O)CSc1ccccc1NC(C)=O. The molecule has 0 fully saturated rings. The van der Waals surface area contributed by atoms with Gasteiger partial charge < -0.3 is 15.4 Å². The van der Waals surface area contributed by atoms with Crippen molar-refractivity contribution in [3.8, 4) is 5.75 Å². The molecule has 0 spiro atoms. The van der Waals surface area contributed by atoms with Crippen molar-refractivity contribution in [3.63, 3.8) is 0 Å². The summed E-state index contributed by atoms with van der Waals surface area (Å²) < 4.78 is 5.26. The number of hydrogen-bond acceptors (Lipinski definition) is 4. The lowest BCUT2D eigenvalue weighted by Crippen LogP contribution is -2.15. The Bertz CT molecular complexity index is 747. The third-order valence-corrected chi connectivity index (χ3v) is 4.26. The summed E-state index contributed by atoms with van der Waals surface area (Å²) in [5.74, 6) is 0.573. The Morgan fingerprint density at radius 1 is 1.08 bits per heavy atom. The Hall–Kier alpha value is -2.47. The fourth-order valence-corrected chi connectivity index (χ4v) is 2.94. The van der Waals surface area contributed by atoms with Gasteiger partial charge in [-0.2, -0.15) is 0 Å². The van der Waals surface area contributed by atoms with Crippen molar-refractivity contribution in [2.75, 3.05) is 23.5 Å². The molecule has 0 atom stereocenters. The number of carbonyl (C=O) groups is 2. The Kier molecular flexibility index (Phi) is 6.26. The van der Waals surface area contributed by atoms with Crippen LogP contribution in [0, 0.1) is 6.92 Å². The maximum Gasteiger partial charge on any atom is 0.234 e. The molecule has 0 saturated carbocycles. The van der Waals surface area contributed by atoms with Gasteiger partial charge in [-0.05, 0) is 36.8 Å². The molecule has 0 aliphatic rings. The second-order valence-electron chi connectivity index (χ2n) is 5.22. The average molecular weight is 344 g/mol. The first-order valence-electron chi connectivity index (χ1n) is 7.43. The van der Waals surface area contributed by atoms with E-state index in [9.17, 15) is 9.59 Å². The largest absolute Gasteiger partial charge is 0.495 e. The average Bonchev–Trinajstić information content (AvgIpc) is 2.54. The van der Waals surface area contributed by atoms with Crippen LogP contribution in [0.2, 0.25) is 0 Å². The first-order chi connectivity index (χ1) is 11.5. The molecule has 0 bridgehead atoms. The van der Waals surface area contributed by atoms with Crippen molar-refractivity contribution in [2.24, 2.45) is 0 Å². The third kappa shape index (κ3) is 5.03. The first kappa shape index (κ1) is 17.9. The highest BCUT2D eigenvalue weighted by Gasteiger charge is 2.10. The van der Waals surface area contributed by atoms with E-state index >= 15 is 0 Å². The van der Waals surface area contributed by atoms with E-state index in [1.807, 2.05) is 49.4 Å². The lowest BCUT2D eigenvalue weighted by atomic mass is 10.2. The van der Waals surface area contributed by atoms with Crippen LogP contribution >= 0.6 is 11.8 Å². The normalized spacial score (nSPS) is 10.1. The second kappa shape index (κ2) is 8.40. The molecule has 0 radical (unpaired) electrons. The molecule has 2 aromatic carbocycles. The highest BCUT2D eigenvalue weighted by molar-refractivity contribution is 8.00. The zero-order chi connectivity index (χ0) is 17.5. The van der Waals surface area contributed by atoms with Crippen molar-refractivity contribution in [1.82, 2.24) is 0 Å². The number of anilines is 2. The summed E-state index contributed by atoms with van der Waals surface area (Å²) in [4.78, 5) is 24.3. The van der Waals surface area contributed by atoms with Gasteiger partial charge in [0.15, 0.2) is 0 Å². The van der Waals surface area contributed by atoms with Gasteiger partial charge in [-0.15, -0.1) is 11.8 Å². The van der Waals surface area contributed by atoms with Gasteiger partial charge in [-0.3, -0.25) is 9.59 Å². The number of nitrogens with one attached hydrogen (secondary N) is 2. The summed E-state index contributed by atoms with van der Waals surface area (Å²) in [6.45, 7) is 3.41. The van der Waals surface area contributed by atoms with Crippen LogP contribution in [0.1, 0.15) is 12.5 Å². The predicted octanol–water partition coefficient (Wildman–Crippen LogP) is 3.69. The molecule has 2 N–H and O–H groups in total. The van der Waals surface area contributed by atoms with Crippen molar-refractivity contribution < 1.29 is 14.3 Å². The Morgan fingerprint density at radius 3 is 2.54 bits per heavy atom. The molecule has 0 aromatic heterocycles. The number of aryl methyl sites for hydroxylation is 1. The number of carbonyl (C=O) groups excluding carboxylic acids is 2. The van der Waals surface area contributed by atoms with Gasteiger partial charge in [0.25, 0.3) is 0 Å². The number of ether oxygens (including phenoxy) is 1. The van der Waals surface area contributed by atoms with E-state index in [1.165, 1.54) is 18.7 Å². The lowest BCUT2D eigenvalue weighted by Gasteiger charge is -2.12. The van der Waals surface area contributed by atoms with E-state index in [4.69, 9.17) is 4.74 Å². The van der Waals surface area contributed by atoms with Gasteiger partial charge in [0.05, 0.1) is 24.2 Å². The highest BCUT2D eigenvalue weighted by atomic mass is 32.2. The Morgan fingerprint density at radius 2 is 1.83 bits per heavy atom. The molecule has 126 valence electrons. The minimum Gasteiger partial charge on any atom is -0.495 e. The molecule has 2 amide bonds. The fourth-order valence-electron chi connectivity index (χ4n) is 2.13. The third-order valence-electron chi connectivity index (χ3n) is 3.19. The molecule has 0 aliphatic carbocycles. The van der Waals surface area contributed by atoms with E-state index in [2.05, 4.69) is 10.6 Å². The van der Waals surface area contributed by atoms with Gasteiger partial charge >= 0.3 is 0 Å². The quantitative estimate of drug-likeness (QED) is 0.784. The van der Waals surface area contributed by atoms with Crippen LogP contribution in [-0.4, -0.2) is 24.7 Å². The standard InChI is InChI=1S/C18H20N2O3S/c1-12-8-9-16(23-3)15(10-12)20-18(22)11-24-17-7-5-4-6-14(17)19-13(2)21/h4-10H,11H2,1-3H3,(H,19,21)(H,20,22). The predicted molar refractivity (Wildman–Crippen MR) is 97.8 cm³/mol. The van der Waals surface area contributed by atoms with Gasteiger partial charge in [-0.1, -0.05) is 18.2 Å². The zero-order valence-electron chi connectivity index (χ0n) is 13.9. The van der Waals surface area contributed by atoms with E-state index < -0.39 is 0 Å². The zero-order valence-corrected chi connectivity index (χ0v) is 14.7. The molecule has 5 nitrogen and oxygen atoms in total. The first-order valence-corrected chi connectivity index (χ1v) is 8.42. The number of thioether (sulfide) groups is 1.